The zero-order chi connectivity index (χ0) is 14.5. The van der Waals surface area contributed by atoms with E-state index in [1.165, 1.54) is 0 Å². The molecular weight excluding hydrogens is 254 g/mol. The number of phenolic OH excluding ortho intramolecular Hbond substituents is 1. The molecule has 0 aliphatic rings. The van der Waals surface area contributed by atoms with Crippen LogP contribution in [0.5, 0.6) is 11.5 Å². The van der Waals surface area contributed by atoms with Crippen LogP contribution in [0.3, 0.4) is 0 Å². The van der Waals surface area contributed by atoms with Crippen LogP contribution in [0.2, 0.25) is 0 Å². The van der Waals surface area contributed by atoms with Crippen LogP contribution >= 0.6 is 0 Å². The molecule has 104 valence electrons. The van der Waals surface area contributed by atoms with Crippen molar-refractivity contribution in [2.75, 3.05) is 11.9 Å². The number of hydrogen-bond acceptors (Lipinski definition) is 3. The second kappa shape index (κ2) is 6.10. The first-order valence-electron chi connectivity index (χ1n) is 6.44. The molecule has 0 fully saturated rings. The summed E-state index contributed by atoms with van der Waals surface area (Å²) < 4.78 is 5.33. The van der Waals surface area contributed by atoms with Crippen molar-refractivity contribution in [3.63, 3.8) is 0 Å². The summed E-state index contributed by atoms with van der Waals surface area (Å²) >= 11 is 0. The van der Waals surface area contributed by atoms with Gasteiger partial charge in [-0.25, -0.2) is 0 Å². The summed E-state index contributed by atoms with van der Waals surface area (Å²) in [6.45, 7) is 4.37. The van der Waals surface area contributed by atoms with E-state index >= 15 is 0 Å². The van der Waals surface area contributed by atoms with Crippen LogP contribution in [0, 0.1) is 6.92 Å². The minimum Gasteiger partial charge on any atom is -0.507 e. The highest BCUT2D eigenvalue weighted by atomic mass is 16.5. The van der Waals surface area contributed by atoms with Crippen molar-refractivity contribution in [3.8, 4) is 11.5 Å². The maximum atomic E-state index is 12.1. The molecule has 0 saturated carbocycles. The highest BCUT2D eigenvalue weighted by molar-refractivity contribution is 6.06. The van der Waals surface area contributed by atoms with Gasteiger partial charge >= 0.3 is 0 Å². The minimum atomic E-state index is -0.341. The Hall–Kier alpha value is -2.49. The van der Waals surface area contributed by atoms with Gasteiger partial charge in [-0.2, -0.15) is 0 Å². The zero-order valence-electron chi connectivity index (χ0n) is 11.5. The Labute approximate surface area is 118 Å². The molecule has 2 rings (SSSR count). The number of phenols is 1. The topological polar surface area (TPSA) is 58.6 Å². The van der Waals surface area contributed by atoms with E-state index in [2.05, 4.69) is 5.32 Å². The number of hydrogen-bond donors (Lipinski definition) is 2. The van der Waals surface area contributed by atoms with E-state index in [9.17, 15) is 9.90 Å². The number of benzene rings is 2. The Morgan fingerprint density at radius 2 is 1.90 bits per heavy atom. The quantitative estimate of drug-likeness (QED) is 0.896. The van der Waals surface area contributed by atoms with E-state index in [0.29, 0.717) is 12.3 Å². The average Bonchev–Trinajstić information content (AvgIpc) is 2.41. The molecular formula is C16H17NO3. The number of nitrogens with one attached hydrogen (secondary N) is 1. The number of ether oxygens (including phenoxy) is 1. The van der Waals surface area contributed by atoms with Crippen LogP contribution in [0.15, 0.2) is 42.5 Å². The molecule has 2 aromatic carbocycles. The van der Waals surface area contributed by atoms with Gasteiger partial charge in [0.1, 0.15) is 11.5 Å². The van der Waals surface area contributed by atoms with Crippen LogP contribution < -0.4 is 10.1 Å². The lowest BCUT2D eigenvalue weighted by atomic mass is 10.1. The Morgan fingerprint density at radius 3 is 2.50 bits per heavy atom. The molecule has 0 aliphatic heterocycles. The lowest BCUT2D eigenvalue weighted by molar-refractivity contribution is 0.102. The van der Waals surface area contributed by atoms with Gasteiger partial charge in [0, 0.05) is 5.69 Å². The first-order chi connectivity index (χ1) is 9.60. The van der Waals surface area contributed by atoms with Crippen molar-refractivity contribution in [1.82, 2.24) is 0 Å². The van der Waals surface area contributed by atoms with Gasteiger partial charge in [0.2, 0.25) is 0 Å². The number of carbonyl (C=O) groups excluding carboxylic acids is 1. The summed E-state index contributed by atoms with van der Waals surface area (Å²) in [5, 5.41) is 12.5. The lowest BCUT2D eigenvalue weighted by Crippen LogP contribution is -2.12. The Morgan fingerprint density at radius 1 is 1.20 bits per heavy atom. The summed E-state index contributed by atoms with van der Waals surface area (Å²) in [5.74, 6) is 0.392. The summed E-state index contributed by atoms with van der Waals surface area (Å²) in [6.07, 6.45) is 0. The van der Waals surface area contributed by atoms with E-state index in [0.717, 1.165) is 11.3 Å². The van der Waals surface area contributed by atoms with Gasteiger partial charge < -0.3 is 15.2 Å². The Bertz CT molecular complexity index is 606. The second-order valence-corrected chi connectivity index (χ2v) is 4.43. The van der Waals surface area contributed by atoms with Crippen molar-refractivity contribution in [2.24, 2.45) is 0 Å². The molecule has 4 heteroatoms. The molecule has 2 aromatic rings. The number of anilines is 1. The third kappa shape index (κ3) is 3.29. The van der Waals surface area contributed by atoms with Gasteiger partial charge in [0.25, 0.3) is 5.91 Å². The van der Waals surface area contributed by atoms with Crippen LogP contribution in [0.1, 0.15) is 22.8 Å². The van der Waals surface area contributed by atoms with Crippen LogP contribution in [0.25, 0.3) is 0 Å². The van der Waals surface area contributed by atoms with Crippen LogP contribution in [-0.4, -0.2) is 17.6 Å². The first-order valence-corrected chi connectivity index (χ1v) is 6.44. The predicted octanol–water partition coefficient (Wildman–Crippen LogP) is 3.35. The van der Waals surface area contributed by atoms with Gasteiger partial charge in [-0.3, -0.25) is 4.79 Å². The number of aryl methyl sites for hydroxylation is 1. The molecule has 2 N–H and O–H groups in total. The molecule has 0 unspecified atom stereocenters. The molecule has 20 heavy (non-hydrogen) atoms. The minimum absolute atomic E-state index is 0.0200. The summed E-state index contributed by atoms with van der Waals surface area (Å²) in [7, 11) is 0. The van der Waals surface area contributed by atoms with Crippen molar-refractivity contribution >= 4 is 11.6 Å². The molecule has 0 radical (unpaired) electrons. The smallest absolute Gasteiger partial charge is 0.259 e. The van der Waals surface area contributed by atoms with Crippen molar-refractivity contribution < 1.29 is 14.6 Å². The lowest BCUT2D eigenvalue weighted by Gasteiger charge is -2.08. The van der Waals surface area contributed by atoms with Crippen LogP contribution in [0.4, 0.5) is 5.69 Å². The van der Waals surface area contributed by atoms with Gasteiger partial charge in [-0.05, 0) is 55.8 Å². The number of amides is 1. The van der Waals surface area contributed by atoms with E-state index in [4.69, 9.17) is 4.74 Å². The second-order valence-electron chi connectivity index (χ2n) is 4.43. The molecule has 0 spiro atoms. The Balaban J connectivity index is 2.11. The average molecular weight is 271 g/mol. The number of aromatic hydroxyl groups is 1. The SMILES string of the molecule is CCOc1ccc(NC(=O)c2ccc(C)cc2O)cc1. The van der Waals surface area contributed by atoms with Crippen molar-refractivity contribution in [3.05, 3.63) is 53.6 Å². The molecule has 0 aromatic heterocycles. The van der Waals surface area contributed by atoms with Crippen molar-refractivity contribution in [2.45, 2.75) is 13.8 Å². The highest BCUT2D eigenvalue weighted by Gasteiger charge is 2.11. The molecule has 0 saturated heterocycles. The molecule has 0 heterocycles. The van der Waals surface area contributed by atoms with Gasteiger partial charge in [-0.15, -0.1) is 0 Å². The maximum absolute atomic E-state index is 12.1. The van der Waals surface area contributed by atoms with E-state index < -0.39 is 0 Å². The zero-order valence-corrected chi connectivity index (χ0v) is 11.5. The summed E-state index contributed by atoms with van der Waals surface area (Å²) in [6, 6.07) is 12.0. The molecule has 4 nitrogen and oxygen atoms in total. The Kier molecular flexibility index (Phi) is 4.25. The summed E-state index contributed by atoms with van der Waals surface area (Å²) in [5.41, 5.74) is 1.81. The molecule has 0 atom stereocenters. The van der Waals surface area contributed by atoms with E-state index in [1.54, 1.807) is 42.5 Å². The third-order valence-corrected chi connectivity index (χ3v) is 2.82. The summed E-state index contributed by atoms with van der Waals surface area (Å²) in [4.78, 5) is 12.1. The largest absolute Gasteiger partial charge is 0.507 e. The third-order valence-electron chi connectivity index (χ3n) is 2.82. The molecule has 0 bridgehead atoms. The first kappa shape index (κ1) is 13.9. The fraction of sp³-hybridized carbons (Fsp3) is 0.188. The highest BCUT2D eigenvalue weighted by Crippen LogP contribution is 2.21. The normalized spacial score (nSPS) is 10.1. The molecule has 0 aliphatic carbocycles. The standard InChI is InChI=1S/C16H17NO3/c1-3-20-13-7-5-12(6-8-13)17-16(19)14-9-4-11(2)10-15(14)18/h4-10,18H,3H2,1-2H3,(H,17,19). The fourth-order valence-electron chi connectivity index (χ4n) is 1.83. The van der Waals surface area contributed by atoms with Crippen molar-refractivity contribution in [1.29, 1.82) is 0 Å². The molecule has 1 amide bonds. The number of carbonyl (C=O) groups is 1. The van der Waals surface area contributed by atoms with Gasteiger partial charge in [0.15, 0.2) is 0 Å². The van der Waals surface area contributed by atoms with E-state index in [1.807, 2.05) is 13.8 Å². The fourth-order valence-corrected chi connectivity index (χ4v) is 1.83. The number of rotatable bonds is 4. The monoisotopic (exact) mass is 271 g/mol. The maximum Gasteiger partial charge on any atom is 0.259 e. The van der Waals surface area contributed by atoms with Crippen LogP contribution in [-0.2, 0) is 0 Å². The van der Waals surface area contributed by atoms with Gasteiger partial charge in [-0.1, -0.05) is 6.07 Å². The van der Waals surface area contributed by atoms with Gasteiger partial charge in [0.05, 0.1) is 12.2 Å². The van der Waals surface area contributed by atoms with E-state index in [-0.39, 0.29) is 17.2 Å². The predicted molar refractivity (Wildman–Crippen MR) is 78.4 cm³/mol.